The zero-order valence-electron chi connectivity index (χ0n) is 16.4. The molecule has 0 unspecified atom stereocenters. The van der Waals surface area contributed by atoms with Gasteiger partial charge in [-0.15, -0.1) is 0 Å². The van der Waals surface area contributed by atoms with Gasteiger partial charge in [0, 0.05) is 38.3 Å². The lowest BCUT2D eigenvalue weighted by atomic mass is 10.1. The number of nitrogens with zero attached hydrogens (tertiary/aromatic N) is 5. The number of amides is 1. The molecular formula is C19H19N5O7. The zero-order valence-corrected chi connectivity index (χ0v) is 16.4. The van der Waals surface area contributed by atoms with Crippen molar-refractivity contribution in [2.75, 3.05) is 32.7 Å². The van der Waals surface area contributed by atoms with Crippen LogP contribution in [0.15, 0.2) is 42.5 Å². The summed E-state index contributed by atoms with van der Waals surface area (Å²) in [6.45, 7) is 2.21. The lowest BCUT2D eigenvalue weighted by Gasteiger charge is -2.34. The van der Waals surface area contributed by atoms with E-state index in [0.717, 1.165) is 12.1 Å². The quantitative estimate of drug-likeness (QED) is 0.480. The van der Waals surface area contributed by atoms with Crippen molar-refractivity contribution in [2.45, 2.75) is 6.42 Å². The third kappa shape index (κ3) is 4.98. The van der Waals surface area contributed by atoms with Crippen molar-refractivity contribution in [3.05, 3.63) is 83.9 Å². The summed E-state index contributed by atoms with van der Waals surface area (Å²) in [7, 11) is 0. The first-order valence-corrected chi connectivity index (χ1v) is 9.44. The molecule has 162 valence electrons. The minimum Gasteiger partial charge on any atom is -0.336 e. The molecule has 1 aliphatic heterocycles. The molecule has 0 aliphatic carbocycles. The fourth-order valence-electron chi connectivity index (χ4n) is 3.52. The number of hydrogen-bond donors (Lipinski definition) is 0. The third-order valence-electron chi connectivity index (χ3n) is 5.15. The van der Waals surface area contributed by atoms with Gasteiger partial charge in [0.25, 0.3) is 23.0 Å². The Hall–Kier alpha value is -3.93. The summed E-state index contributed by atoms with van der Waals surface area (Å²) < 4.78 is 0. The molecule has 2 aromatic carbocycles. The van der Waals surface area contributed by atoms with Crippen molar-refractivity contribution in [2.24, 2.45) is 0 Å². The molecule has 0 saturated carbocycles. The predicted octanol–water partition coefficient (Wildman–Crippen LogP) is 2.41. The predicted molar refractivity (Wildman–Crippen MR) is 109 cm³/mol. The Morgan fingerprint density at radius 3 is 1.87 bits per heavy atom. The maximum Gasteiger partial charge on any atom is 0.286 e. The first-order valence-electron chi connectivity index (χ1n) is 9.44. The van der Waals surface area contributed by atoms with Gasteiger partial charge < -0.3 is 4.90 Å². The lowest BCUT2D eigenvalue weighted by molar-refractivity contribution is -0.404. The molecule has 0 radical (unpaired) electrons. The molecule has 0 aromatic heterocycles. The minimum atomic E-state index is -0.896. The normalized spacial score (nSPS) is 14.3. The average molecular weight is 429 g/mol. The third-order valence-corrected chi connectivity index (χ3v) is 5.15. The number of carbonyl (C=O) groups is 1. The van der Waals surface area contributed by atoms with Crippen LogP contribution in [0.2, 0.25) is 0 Å². The molecule has 1 aliphatic rings. The highest BCUT2D eigenvalue weighted by Gasteiger charge is 2.31. The van der Waals surface area contributed by atoms with Gasteiger partial charge in [-0.05, 0) is 18.6 Å². The number of non-ortho nitro benzene ring substituents is 1. The van der Waals surface area contributed by atoms with E-state index < -0.39 is 31.8 Å². The number of nitro groups is 3. The number of piperazine rings is 1. The van der Waals surface area contributed by atoms with E-state index in [9.17, 15) is 35.1 Å². The average Bonchev–Trinajstić information content (AvgIpc) is 2.77. The topological polar surface area (TPSA) is 153 Å². The molecule has 0 spiro atoms. The Bertz CT molecular complexity index is 985. The summed E-state index contributed by atoms with van der Waals surface area (Å²) in [5.74, 6) is -0.0816. The second-order valence-electron chi connectivity index (χ2n) is 6.98. The van der Waals surface area contributed by atoms with E-state index in [4.69, 9.17) is 0 Å². The highest BCUT2D eigenvalue weighted by molar-refractivity contribution is 5.94. The molecule has 0 N–H and O–H groups in total. The fourth-order valence-corrected chi connectivity index (χ4v) is 3.52. The molecule has 0 bridgehead atoms. The largest absolute Gasteiger partial charge is 0.336 e. The van der Waals surface area contributed by atoms with Gasteiger partial charge in [0.05, 0.1) is 26.9 Å². The highest BCUT2D eigenvalue weighted by atomic mass is 16.6. The monoisotopic (exact) mass is 429 g/mol. The van der Waals surface area contributed by atoms with E-state index in [-0.39, 0.29) is 24.4 Å². The summed E-state index contributed by atoms with van der Waals surface area (Å²) in [6, 6.07) is 10.4. The molecule has 1 saturated heterocycles. The highest BCUT2D eigenvalue weighted by Crippen LogP contribution is 2.34. The summed E-state index contributed by atoms with van der Waals surface area (Å²) in [5.41, 5.74) is -1.54. The van der Waals surface area contributed by atoms with Crippen LogP contribution in [-0.2, 0) is 6.42 Å². The smallest absolute Gasteiger partial charge is 0.286 e. The van der Waals surface area contributed by atoms with E-state index >= 15 is 0 Å². The van der Waals surface area contributed by atoms with Crippen LogP contribution in [0.3, 0.4) is 0 Å². The van der Waals surface area contributed by atoms with Crippen LogP contribution in [0.4, 0.5) is 17.1 Å². The number of rotatable bonds is 7. The maximum atomic E-state index is 12.5. The van der Waals surface area contributed by atoms with Crippen molar-refractivity contribution in [1.82, 2.24) is 9.80 Å². The van der Waals surface area contributed by atoms with Gasteiger partial charge in [-0.3, -0.25) is 40.0 Å². The van der Waals surface area contributed by atoms with Gasteiger partial charge in [0.2, 0.25) is 0 Å². The van der Waals surface area contributed by atoms with Gasteiger partial charge in [0.15, 0.2) is 0 Å². The van der Waals surface area contributed by atoms with Crippen LogP contribution in [-0.4, -0.2) is 63.2 Å². The molecule has 12 heteroatoms. The lowest BCUT2D eigenvalue weighted by Crippen LogP contribution is -2.49. The number of carbonyl (C=O) groups excluding carboxylic acids is 1. The van der Waals surface area contributed by atoms with Crippen LogP contribution in [0.5, 0.6) is 0 Å². The Balaban J connectivity index is 1.69. The molecule has 1 heterocycles. The summed E-state index contributed by atoms with van der Waals surface area (Å²) in [4.78, 5) is 47.3. The first-order chi connectivity index (χ1) is 14.8. The van der Waals surface area contributed by atoms with Crippen LogP contribution >= 0.6 is 0 Å². The molecule has 1 fully saturated rings. The van der Waals surface area contributed by atoms with Crippen molar-refractivity contribution in [1.29, 1.82) is 0 Å². The number of hydrogen-bond acceptors (Lipinski definition) is 8. The number of benzene rings is 2. The van der Waals surface area contributed by atoms with Gasteiger partial charge in [-0.2, -0.15) is 0 Å². The fraction of sp³-hybridized carbons (Fsp3) is 0.316. The summed E-state index contributed by atoms with van der Waals surface area (Å²) >= 11 is 0. The Kier molecular flexibility index (Phi) is 6.50. The van der Waals surface area contributed by atoms with Crippen molar-refractivity contribution >= 4 is 23.0 Å². The van der Waals surface area contributed by atoms with Gasteiger partial charge in [0.1, 0.15) is 5.56 Å². The first kappa shape index (κ1) is 21.8. The molecule has 0 atom stereocenters. The minimum absolute atomic E-state index is 0.0166. The zero-order chi connectivity index (χ0) is 22.5. The SMILES string of the molecule is O=C(c1ccccc1)N1CCN(CCc2c([N+](=O)[O-])cc([N+](=O)[O-])cc2[N+](=O)[O-])CC1. The molecule has 31 heavy (non-hydrogen) atoms. The Labute approximate surface area is 176 Å². The van der Waals surface area contributed by atoms with Gasteiger partial charge >= 0.3 is 0 Å². The second kappa shape index (κ2) is 9.26. The van der Waals surface area contributed by atoms with Crippen molar-refractivity contribution in [3.8, 4) is 0 Å². The van der Waals surface area contributed by atoms with Gasteiger partial charge in [-0.25, -0.2) is 0 Å². The van der Waals surface area contributed by atoms with E-state index in [1.54, 1.807) is 29.2 Å². The summed E-state index contributed by atoms with van der Waals surface area (Å²) in [6.07, 6.45) is -0.0166. The second-order valence-corrected chi connectivity index (χ2v) is 6.98. The Morgan fingerprint density at radius 2 is 1.39 bits per heavy atom. The summed E-state index contributed by atoms with van der Waals surface area (Å²) in [5, 5.41) is 33.7. The molecular weight excluding hydrogens is 410 g/mol. The molecule has 2 aromatic rings. The van der Waals surface area contributed by atoms with E-state index in [2.05, 4.69) is 0 Å². The van der Waals surface area contributed by atoms with Gasteiger partial charge in [-0.1, -0.05) is 18.2 Å². The number of nitro benzene ring substituents is 3. The van der Waals surface area contributed by atoms with Crippen LogP contribution in [0.25, 0.3) is 0 Å². The van der Waals surface area contributed by atoms with Crippen LogP contribution in [0.1, 0.15) is 15.9 Å². The molecule has 1 amide bonds. The Morgan fingerprint density at radius 1 is 0.839 bits per heavy atom. The van der Waals surface area contributed by atoms with Crippen LogP contribution in [0, 0.1) is 30.3 Å². The standard InChI is InChI=1S/C19H19N5O7/c25-19(14-4-2-1-3-5-14)21-10-8-20(9-11-21)7-6-16-17(23(28)29)12-15(22(26)27)13-18(16)24(30)31/h1-5,12-13H,6-11H2. The van der Waals surface area contributed by atoms with E-state index in [1.165, 1.54) is 0 Å². The maximum absolute atomic E-state index is 12.5. The van der Waals surface area contributed by atoms with Crippen LogP contribution < -0.4 is 0 Å². The van der Waals surface area contributed by atoms with E-state index in [0.29, 0.717) is 31.7 Å². The van der Waals surface area contributed by atoms with Crippen molar-refractivity contribution < 1.29 is 19.6 Å². The van der Waals surface area contributed by atoms with E-state index in [1.807, 2.05) is 11.0 Å². The molecule has 12 nitrogen and oxygen atoms in total. The molecule has 3 rings (SSSR count). The van der Waals surface area contributed by atoms with Crippen molar-refractivity contribution in [3.63, 3.8) is 0 Å².